The largest absolute Gasteiger partial charge is 0.478 e. The maximum absolute atomic E-state index is 12.1. The number of carbonyl (C=O) groups is 2. The van der Waals surface area contributed by atoms with E-state index in [0.717, 1.165) is 11.1 Å². The molecule has 0 unspecified atom stereocenters. The fourth-order valence-electron chi connectivity index (χ4n) is 2.58. The van der Waals surface area contributed by atoms with E-state index >= 15 is 0 Å². The predicted octanol–water partition coefficient (Wildman–Crippen LogP) is 2.41. The molecule has 0 saturated carbocycles. The third kappa shape index (κ3) is 1.79. The molecule has 0 radical (unpaired) electrons. The summed E-state index contributed by atoms with van der Waals surface area (Å²) in [5, 5.41) is 10.7. The van der Waals surface area contributed by atoms with Crippen molar-refractivity contribution in [2.24, 2.45) is 0 Å². The van der Waals surface area contributed by atoms with Crippen LogP contribution in [0, 0.1) is 0 Å². The van der Waals surface area contributed by atoms with Crippen molar-refractivity contribution in [2.75, 3.05) is 25.0 Å². The van der Waals surface area contributed by atoms with Gasteiger partial charge < -0.3 is 10.0 Å². The molecule has 2 aromatic rings. The second-order valence-electron chi connectivity index (χ2n) is 4.84. The van der Waals surface area contributed by atoms with Crippen LogP contribution in [0.4, 0.5) is 10.5 Å². The Balaban J connectivity index is 2.21. The zero-order chi connectivity index (χ0) is 14.3. The van der Waals surface area contributed by atoms with E-state index in [1.165, 1.54) is 0 Å². The normalized spacial score (nSPS) is 15.2. The molecule has 0 bridgehead atoms. The highest BCUT2D eigenvalue weighted by Crippen LogP contribution is 2.31. The summed E-state index contributed by atoms with van der Waals surface area (Å²) >= 11 is 0. The Morgan fingerprint density at radius 2 is 1.80 bits per heavy atom. The Hall–Kier alpha value is -2.56. The van der Waals surface area contributed by atoms with Gasteiger partial charge in [0.05, 0.1) is 11.3 Å². The van der Waals surface area contributed by atoms with Crippen molar-refractivity contribution in [1.82, 2.24) is 4.90 Å². The lowest BCUT2D eigenvalue weighted by atomic mass is 10.0. The molecule has 1 saturated heterocycles. The van der Waals surface area contributed by atoms with Gasteiger partial charge in [0.25, 0.3) is 0 Å². The van der Waals surface area contributed by atoms with Gasteiger partial charge in [0.1, 0.15) is 0 Å². The molecule has 2 amide bonds. The van der Waals surface area contributed by atoms with Crippen LogP contribution in [0.15, 0.2) is 36.4 Å². The summed E-state index contributed by atoms with van der Waals surface area (Å²) in [6, 6.07) is 10.5. The van der Waals surface area contributed by atoms with Gasteiger partial charge in [-0.15, -0.1) is 0 Å². The molecule has 1 aliphatic rings. The van der Waals surface area contributed by atoms with Gasteiger partial charge in [0, 0.05) is 25.5 Å². The van der Waals surface area contributed by atoms with E-state index in [2.05, 4.69) is 0 Å². The minimum absolute atomic E-state index is 0.0572. The molecular weight excluding hydrogens is 256 g/mol. The van der Waals surface area contributed by atoms with Gasteiger partial charge >= 0.3 is 12.0 Å². The van der Waals surface area contributed by atoms with Crippen molar-refractivity contribution in [2.45, 2.75) is 0 Å². The quantitative estimate of drug-likeness (QED) is 0.911. The number of amides is 2. The molecule has 5 heteroatoms. The number of hydrogen-bond acceptors (Lipinski definition) is 2. The number of rotatable bonds is 2. The van der Waals surface area contributed by atoms with E-state index in [0.29, 0.717) is 18.5 Å². The first-order valence-corrected chi connectivity index (χ1v) is 6.37. The number of carboxylic acid groups (broad SMARTS) is 1. The summed E-state index contributed by atoms with van der Waals surface area (Å²) in [5.41, 5.74) is 1.02. The SMILES string of the molecule is CN1CCN(c2ccc(C(=O)O)c3ccccc23)C1=O. The lowest BCUT2D eigenvalue weighted by molar-refractivity contribution is 0.0699. The highest BCUT2D eigenvalue weighted by Gasteiger charge is 2.28. The fourth-order valence-corrected chi connectivity index (χ4v) is 2.58. The molecule has 3 rings (SSSR count). The number of benzene rings is 2. The number of hydrogen-bond donors (Lipinski definition) is 1. The molecule has 1 N–H and O–H groups in total. The lowest BCUT2D eigenvalue weighted by Gasteiger charge is -2.19. The molecule has 1 heterocycles. The van der Waals surface area contributed by atoms with E-state index in [1.54, 1.807) is 41.1 Å². The molecule has 1 aliphatic heterocycles. The van der Waals surface area contributed by atoms with E-state index < -0.39 is 5.97 Å². The van der Waals surface area contributed by atoms with E-state index in [1.807, 2.05) is 12.1 Å². The number of fused-ring (bicyclic) bond motifs is 1. The average Bonchev–Trinajstić information content (AvgIpc) is 2.77. The fraction of sp³-hybridized carbons (Fsp3) is 0.200. The van der Waals surface area contributed by atoms with Gasteiger partial charge in [-0.05, 0) is 17.5 Å². The molecule has 0 atom stereocenters. The van der Waals surface area contributed by atoms with Crippen LogP contribution in [-0.4, -0.2) is 42.1 Å². The number of carboxylic acids is 1. The van der Waals surface area contributed by atoms with Crippen molar-refractivity contribution in [3.8, 4) is 0 Å². The van der Waals surface area contributed by atoms with Gasteiger partial charge in [0.15, 0.2) is 0 Å². The third-order valence-corrected chi connectivity index (χ3v) is 3.64. The van der Waals surface area contributed by atoms with Crippen molar-refractivity contribution >= 4 is 28.5 Å². The van der Waals surface area contributed by atoms with E-state index in [-0.39, 0.29) is 11.6 Å². The number of nitrogens with zero attached hydrogens (tertiary/aromatic N) is 2. The number of carbonyl (C=O) groups excluding carboxylic acids is 1. The van der Waals surface area contributed by atoms with Gasteiger partial charge in [-0.2, -0.15) is 0 Å². The summed E-state index contributed by atoms with van der Waals surface area (Å²) in [5.74, 6) is -0.961. The maximum atomic E-state index is 12.1. The summed E-state index contributed by atoms with van der Waals surface area (Å²) in [7, 11) is 1.76. The zero-order valence-corrected chi connectivity index (χ0v) is 11.0. The molecule has 0 spiro atoms. The second-order valence-corrected chi connectivity index (χ2v) is 4.84. The number of likely N-dealkylation sites (N-methyl/N-ethyl adjacent to an activating group) is 1. The number of anilines is 1. The van der Waals surface area contributed by atoms with Crippen LogP contribution in [0.2, 0.25) is 0 Å². The first-order chi connectivity index (χ1) is 9.59. The number of urea groups is 1. The van der Waals surface area contributed by atoms with Crippen molar-refractivity contribution in [3.05, 3.63) is 42.0 Å². The predicted molar refractivity (Wildman–Crippen MR) is 76.3 cm³/mol. The third-order valence-electron chi connectivity index (χ3n) is 3.64. The summed E-state index contributed by atoms with van der Waals surface area (Å²) in [4.78, 5) is 26.7. The van der Waals surface area contributed by atoms with Gasteiger partial charge in [0.2, 0.25) is 0 Å². The van der Waals surface area contributed by atoms with Crippen LogP contribution in [-0.2, 0) is 0 Å². The summed E-state index contributed by atoms with van der Waals surface area (Å²) in [6.45, 7) is 1.29. The van der Waals surface area contributed by atoms with Crippen molar-refractivity contribution < 1.29 is 14.7 Å². The Labute approximate surface area is 116 Å². The van der Waals surface area contributed by atoms with Crippen LogP contribution >= 0.6 is 0 Å². The average molecular weight is 270 g/mol. The summed E-state index contributed by atoms with van der Waals surface area (Å²) < 4.78 is 0. The van der Waals surface area contributed by atoms with Crippen LogP contribution in [0.3, 0.4) is 0 Å². The minimum atomic E-state index is -0.961. The number of aromatic carboxylic acids is 1. The molecule has 20 heavy (non-hydrogen) atoms. The molecular formula is C15H14N2O3. The molecule has 2 aromatic carbocycles. The standard InChI is InChI=1S/C15H14N2O3/c1-16-8-9-17(15(16)20)13-7-6-12(14(18)19)10-4-2-3-5-11(10)13/h2-7H,8-9H2,1H3,(H,18,19). The first-order valence-electron chi connectivity index (χ1n) is 6.37. The Bertz CT molecular complexity index is 711. The molecule has 0 aromatic heterocycles. The monoisotopic (exact) mass is 270 g/mol. The minimum Gasteiger partial charge on any atom is -0.478 e. The lowest BCUT2D eigenvalue weighted by Crippen LogP contribution is -2.29. The maximum Gasteiger partial charge on any atom is 0.336 e. The Morgan fingerprint density at radius 1 is 1.10 bits per heavy atom. The van der Waals surface area contributed by atoms with Crippen LogP contribution in [0.1, 0.15) is 10.4 Å². The zero-order valence-electron chi connectivity index (χ0n) is 11.0. The first kappa shape index (κ1) is 12.5. The second kappa shape index (κ2) is 4.52. The Kier molecular flexibility index (Phi) is 2.82. The van der Waals surface area contributed by atoms with E-state index in [4.69, 9.17) is 0 Å². The van der Waals surface area contributed by atoms with Gasteiger partial charge in [-0.3, -0.25) is 4.90 Å². The smallest absolute Gasteiger partial charge is 0.336 e. The topological polar surface area (TPSA) is 60.9 Å². The van der Waals surface area contributed by atoms with Crippen molar-refractivity contribution in [3.63, 3.8) is 0 Å². The Morgan fingerprint density at radius 3 is 2.40 bits per heavy atom. The highest BCUT2D eigenvalue weighted by molar-refractivity contribution is 6.11. The van der Waals surface area contributed by atoms with Crippen LogP contribution < -0.4 is 4.90 Å². The molecule has 5 nitrogen and oxygen atoms in total. The summed E-state index contributed by atoms with van der Waals surface area (Å²) in [6.07, 6.45) is 0. The van der Waals surface area contributed by atoms with E-state index in [9.17, 15) is 14.7 Å². The highest BCUT2D eigenvalue weighted by atomic mass is 16.4. The molecule has 102 valence electrons. The van der Waals surface area contributed by atoms with Gasteiger partial charge in [-0.25, -0.2) is 9.59 Å². The van der Waals surface area contributed by atoms with Crippen molar-refractivity contribution in [1.29, 1.82) is 0 Å². The molecule has 0 aliphatic carbocycles. The van der Waals surface area contributed by atoms with Gasteiger partial charge in [-0.1, -0.05) is 24.3 Å². The molecule has 1 fully saturated rings. The van der Waals surface area contributed by atoms with Crippen LogP contribution in [0.5, 0.6) is 0 Å². The van der Waals surface area contributed by atoms with Crippen LogP contribution in [0.25, 0.3) is 10.8 Å².